The molecule has 178 valence electrons. The van der Waals surface area contributed by atoms with E-state index in [1.54, 1.807) is 11.7 Å². The molecule has 10 heteroatoms. The number of hydrogen-bond acceptors (Lipinski definition) is 9. The highest BCUT2D eigenvalue weighted by Crippen LogP contribution is 2.28. The molecule has 1 saturated heterocycles. The smallest absolute Gasteiger partial charge is 0.320 e. The Balaban J connectivity index is 1.54. The highest BCUT2D eigenvalue weighted by Gasteiger charge is 2.19. The maximum absolute atomic E-state index is 10.5. The number of hydrogen-bond donors (Lipinski definition) is 3. The van der Waals surface area contributed by atoms with E-state index in [0.717, 1.165) is 63.3 Å². The Bertz CT molecular complexity index is 1080. The molecule has 0 radical (unpaired) electrons. The minimum Gasteiger partial charge on any atom is -0.496 e. The highest BCUT2D eigenvalue weighted by atomic mass is 16.5. The Labute approximate surface area is 193 Å². The summed E-state index contributed by atoms with van der Waals surface area (Å²) in [6.07, 6.45) is 2.85. The zero-order valence-electron chi connectivity index (χ0n) is 19.4. The number of nitrogens with one attached hydrogen (secondary N) is 1. The molecule has 0 bridgehead atoms. The van der Waals surface area contributed by atoms with Gasteiger partial charge in [0, 0.05) is 38.3 Å². The predicted molar refractivity (Wildman–Crippen MR) is 127 cm³/mol. The lowest BCUT2D eigenvalue weighted by Gasteiger charge is -2.27. The van der Waals surface area contributed by atoms with E-state index >= 15 is 0 Å². The summed E-state index contributed by atoms with van der Waals surface area (Å²) in [5.74, 6) is 0.936. The van der Waals surface area contributed by atoms with Gasteiger partial charge in [0.15, 0.2) is 17.0 Å². The number of aromatic hydroxyl groups is 1. The second-order valence-electron chi connectivity index (χ2n) is 8.25. The number of piperazine rings is 1. The minimum absolute atomic E-state index is 0.177. The fourth-order valence-corrected chi connectivity index (χ4v) is 3.97. The van der Waals surface area contributed by atoms with E-state index in [9.17, 15) is 5.11 Å². The van der Waals surface area contributed by atoms with Gasteiger partial charge in [-0.3, -0.25) is 4.57 Å². The van der Waals surface area contributed by atoms with E-state index in [1.807, 2.05) is 6.07 Å². The molecular weight excluding hydrogens is 422 g/mol. The van der Waals surface area contributed by atoms with E-state index in [2.05, 4.69) is 44.2 Å². The first kappa shape index (κ1) is 23.1. The molecule has 4 N–H and O–H groups in total. The fraction of sp³-hybridized carbons (Fsp3) is 0.522. The number of methoxy groups -OCH3 is 1. The van der Waals surface area contributed by atoms with Crippen molar-refractivity contribution in [2.75, 3.05) is 52.2 Å². The highest BCUT2D eigenvalue weighted by molar-refractivity contribution is 5.83. The van der Waals surface area contributed by atoms with Crippen LogP contribution in [-0.4, -0.2) is 76.0 Å². The summed E-state index contributed by atoms with van der Waals surface area (Å²) in [5.41, 5.74) is 8.95. The van der Waals surface area contributed by atoms with E-state index in [0.29, 0.717) is 24.3 Å². The molecule has 3 aromatic rings. The van der Waals surface area contributed by atoms with E-state index in [-0.39, 0.29) is 17.8 Å². The van der Waals surface area contributed by atoms with Crippen molar-refractivity contribution >= 4 is 17.0 Å². The van der Waals surface area contributed by atoms with E-state index in [1.165, 1.54) is 5.56 Å². The molecule has 0 unspecified atom stereocenters. The van der Waals surface area contributed by atoms with Crippen molar-refractivity contribution in [3.05, 3.63) is 29.3 Å². The van der Waals surface area contributed by atoms with Crippen molar-refractivity contribution in [2.45, 2.75) is 32.7 Å². The van der Waals surface area contributed by atoms with Crippen molar-refractivity contribution in [1.82, 2.24) is 29.7 Å². The van der Waals surface area contributed by atoms with Crippen LogP contribution < -0.4 is 20.5 Å². The molecule has 3 heterocycles. The largest absolute Gasteiger partial charge is 0.496 e. The molecule has 4 rings (SSSR count). The first-order valence-electron chi connectivity index (χ1n) is 11.5. The maximum Gasteiger partial charge on any atom is 0.320 e. The van der Waals surface area contributed by atoms with Crippen molar-refractivity contribution in [2.24, 2.45) is 0 Å². The molecule has 0 amide bonds. The number of fused-ring (bicyclic) bond motifs is 1. The van der Waals surface area contributed by atoms with Crippen LogP contribution >= 0.6 is 0 Å². The summed E-state index contributed by atoms with van der Waals surface area (Å²) >= 11 is 0. The Morgan fingerprint density at radius 3 is 2.76 bits per heavy atom. The molecule has 0 saturated carbocycles. The number of ether oxygens (including phenoxy) is 2. The number of unbranched alkanes of at least 4 members (excludes halogenated alkanes) is 1. The van der Waals surface area contributed by atoms with Crippen LogP contribution in [-0.2, 0) is 13.0 Å². The lowest BCUT2D eigenvalue weighted by molar-refractivity contribution is 0.244. The molecule has 10 nitrogen and oxygen atoms in total. The number of benzene rings is 1. The van der Waals surface area contributed by atoms with Crippen LogP contribution in [0.15, 0.2) is 18.2 Å². The predicted octanol–water partition coefficient (Wildman–Crippen LogP) is 1.80. The summed E-state index contributed by atoms with van der Waals surface area (Å²) in [7, 11) is 1.66. The summed E-state index contributed by atoms with van der Waals surface area (Å²) in [6.45, 7) is 8.19. The van der Waals surface area contributed by atoms with Gasteiger partial charge in [-0.25, -0.2) is 0 Å². The zero-order valence-corrected chi connectivity index (χ0v) is 19.4. The van der Waals surface area contributed by atoms with Crippen LogP contribution in [0.2, 0.25) is 0 Å². The van der Waals surface area contributed by atoms with Gasteiger partial charge in [-0.1, -0.05) is 25.5 Å². The first-order valence-corrected chi connectivity index (χ1v) is 11.5. The summed E-state index contributed by atoms with van der Waals surface area (Å²) in [5, 5.41) is 13.9. The standard InChI is InChI=1S/C23H33N7O3/c1-3-4-13-33-22-27-20(24)19-21(28-22)30(23(31)26-19)15-17-6-5-16(14-18(17)32-2)7-10-29-11-8-25-9-12-29/h5-6,14,25H,3-4,7-13,15H2,1-2H3,(H,26,31)(H2,24,27,28). The average molecular weight is 456 g/mol. The van der Waals surface area contributed by atoms with Crippen LogP contribution in [0.25, 0.3) is 11.2 Å². The van der Waals surface area contributed by atoms with Crippen LogP contribution in [0.4, 0.5) is 5.82 Å². The molecule has 2 aromatic heterocycles. The third kappa shape index (κ3) is 5.45. The molecule has 0 spiro atoms. The average Bonchev–Trinajstić information content (AvgIpc) is 3.15. The van der Waals surface area contributed by atoms with Gasteiger partial charge in [-0.05, 0) is 24.5 Å². The Morgan fingerprint density at radius 1 is 1.18 bits per heavy atom. The van der Waals surface area contributed by atoms with Gasteiger partial charge in [0.05, 0.1) is 20.3 Å². The lowest BCUT2D eigenvalue weighted by atomic mass is 10.1. The van der Waals surface area contributed by atoms with Gasteiger partial charge in [0.2, 0.25) is 0 Å². The summed E-state index contributed by atoms with van der Waals surface area (Å²) < 4.78 is 12.9. The molecule has 33 heavy (non-hydrogen) atoms. The molecule has 1 aliphatic rings. The van der Waals surface area contributed by atoms with Crippen molar-refractivity contribution in [1.29, 1.82) is 0 Å². The van der Waals surface area contributed by atoms with Gasteiger partial charge in [-0.15, -0.1) is 0 Å². The lowest BCUT2D eigenvalue weighted by Crippen LogP contribution is -2.44. The zero-order chi connectivity index (χ0) is 23.2. The molecule has 1 fully saturated rings. The minimum atomic E-state index is -0.179. The van der Waals surface area contributed by atoms with Gasteiger partial charge < -0.3 is 30.5 Å². The monoisotopic (exact) mass is 455 g/mol. The normalized spacial score (nSPS) is 14.6. The van der Waals surface area contributed by atoms with Crippen molar-refractivity contribution in [3.63, 3.8) is 0 Å². The first-order chi connectivity index (χ1) is 16.1. The van der Waals surface area contributed by atoms with Crippen molar-refractivity contribution < 1.29 is 14.6 Å². The van der Waals surface area contributed by atoms with Gasteiger partial charge in [0.25, 0.3) is 6.01 Å². The SMILES string of the molecule is CCCCOc1nc(N)c2nc(O)n(Cc3ccc(CCN4CCNCC4)cc3OC)c2n1. The number of nitrogens with zero attached hydrogens (tertiary/aromatic N) is 5. The Kier molecular flexibility index (Phi) is 7.46. The van der Waals surface area contributed by atoms with E-state index in [4.69, 9.17) is 15.2 Å². The second kappa shape index (κ2) is 10.7. The summed E-state index contributed by atoms with van der Waals surface area (Å²) in [4.78, 5) is 15.2. The number of aromatic nitrogens is 4. The summed E-state index contributed by atoms with van der Waals surface area (Å²) in [6, 6.07) is 6.21. The number of rotatable bonds is 10. The Morgan fingerprint density at radius 2 is 2.00 bits per heavy atom. The molecular formula is C23H33N7O3. The van der Waals surface area contributed by atoms with E-state index < -0.39 is 0 Å². The van der Waals surface area contributed by atoms with Crippen LogP contribution in [0, 0.1) is 0 Å². The number of nitrogen functional groups attached to an aromatic ring is 1. The van der Waals surface area contributed by atoms with Crippen LogP contribution in [0.1, 0.15) is 30.9 Å². The van der Waals surface area contributed by atoms with Crippen LogP contribution in [0.3, 0.4) is 0 Å². The second-order valence-corrected chi connectivity index (χ2v) is 8.25. The number of imidazole rings is 1. The number of nitrogens with two attached hydrogens (primary N) is 1. The Hall–Kier alpha value is -3.11. The van der Waals surface area contributed by atoms with Gasteiger partial charge in [-0.2, -0.15) is 15.0 Å². The topological polar surface area (TPSA) is 124 Å². The van der Waals surface area contributed by atoms with Gasteiger partial charge in [0.1, 0.15) is 5.75 Å². The third-order valence-electron chi connectivity index (χ3n) is 5.92. The van der Waals surface area contributed by atoms with Crippen molar-refractivity contribution in [3.8, 4) is 17.8 Å². The fourth-order valence-electron chi connectivity index (χ4n) is 3.97. The molecule has 1 aliphatic heterocycles. The molecule has 1 aromatic carbocycles. The van der Waals surface area contributed by atoms with Gasteiger partial charge >= 0.3 is 6.01 Å². The quantitative estimate of drug-likeness (QED) is 0.393. The number of anilines is 1. The molecule has 0 aliphatic carbocycles. The molecule has 0 atom stereocenters. The third-order valence-corrected chi connectivity index (χ3v) is 5.92. The maximum atomic E-state index is 10.5. The van der Waals surface area contributed by atoms with Crippen LogP contribution in [0.5, 0.6) is 17.8 Å².